The lowest BCUT2D eigenvalue weighted by atomic mass is 10.2. The third-order valence-electron chi connectivity index (χ3n) is 2.48. The molecule has 2 atom stereocenters. The molecule has 0 aliphatic carbocycles. The first-order chi connectivity index (χ1) is 7.02. The highest BCUT2D eigenvalue weighted by molar-refractivity contribution is 5.67. The van der Waals surface area contributed by atoms with Crippen LogP contribution in [-0.2, 0) is 4.74 Å². The van der Waals surface area contributed by atoms with Gasteiger partial charge in [-0.2, -0.15) is 0 Å². The Kier molecular flexibility index (Phi) is 4.35. The Morgan fingerprint density at radius 3 is 2.73 bits per heavy atom. The number of ether oxygens (including phenoxy) is 1. The molecular formula is C10H20N2O3. The van der Waals surface area contributed by atoms with Crippen LogP contribution >= 0.6 is 0 Å². The molecule has 2 N–H and O–H groups in total. The van der Waals surface area contributed by atoms with E-state index in [4.69, 9.17) is 4.74 Å². The van der Waals surface area contributed by atoms with E-state index in [2.05, 4.69) is 5.32 Å². The minimum absolute atomic E-state index is 0.176. The maximum Gasteiger partial charge on any atom is 0.409 e. The average molecular weight is 216 g/mol. The number of nitrogens with zero attached hydrogens (tertiary/aromatic N) is 1. The summed E-state index contributed by atoms with van der Waals surface area (Å²) in [5.41, 5.74) is 0. The van der Waals surface area contributed by atoms with Crippen molar-refractivity contribution in [2.75, 3.05) is 26.7 Å². The molecule has 15 heavy (non-hydrogen) atoms. The second-order valence-electron chi connectivity index (χ2n) is 4.37. The van der Waals surface area contributed by atoms with E-state index in [1.165, 1.54) is 4.90 Å². The van der Waals surface area contributed by atoms with Gasteiger partial charge in [-0.15, -0.1) is 0 Å². The number of β-amino-alcohol motifs (C(OH)–C–C–N with tert-alkyl or cyclic N) is 1. The van der Waals surface area contributed by atoms with Gasteiger partial charge in [0.25, 0.3) is 0 Å². The Labute approximate surface area is 90.4 Å². The molecule has 0 radical (unpaired) electrons. The van der Waals surface area contributed by atoms with Gasteiger partial charge in [-0.3, -0.25) is 0 Å². The molecule has 2 unspecified atom stereocenters. The molecule has 1 rings (SSSR count). The number of hydrogen-bond donors (Lipinski definition) is 2. The van der Waals surface area contributed by atoms with E-state index in [0.717, 1.165) is 0 Å². The first kappa shape index (κ1) is 12.3. The minimum Gasteiger partial charge on any atom is -0.449 e. The van der Waals surface area contributed by atoms with Crippen LogP contribution in [0.1, 0.15) is 13.8 Å². The Balaban J connectivity index is 2.38. The summed E-state index contributed by atoms with van der Waals surface area (Å²) < 4.78 is 5.07. The summed E-state index contributed by atoms with van der Waals surface area (Å²) in [6.45, 7) is 5.54. The molecule has 1 aliphatic rings. The van der Waals surface area contributed by atoms with Crippen molar-refractivity contribution < 1.29 is 14.6 Å². The standard InChI is InChI=1S/C10H20N2O3/c1-7(2)6-15-10(14)12(3)8-4-11-5-9(8)13/h7-9,11,13H,4-6H2,1-3H3. The highest BCUT2D eigenvalue weighted by Crippen LogP contribution is 2.09. The van der Waals surface area contributed by atoms with Crippen LogP contribution in [0.5, 0.6) is 0 Å². The molecule has 0 aromatic heterocycles. The fraction of sp³-hybridized carbons (Fsp3) is 0.900. The molecule has 0 saturated carbocycles. The molecule has 1 amide bonds. The van der Waals surface area contributed by atoms with Crippen LogP contribution in [0.15, 0.2) is 0 Å². The maximum atomic E-state index is 11.5. The summed E-state index contributed by atoms with van der Waals surface area (Å²) in [5.74, 6) is 0.328. The van der Waals surface area contributed by atoms with Crippen molar-refractivity contribution in [3.8, 4) is 0 Å². The molecule has 0 aromatic rings. The zero-order valence-corrected chi connectivity index (χ0v) is 9.56. The molecule has 0 spiro atoms. The number of amides is 1. The monoisotopic (exact) mass is 216 g/mol. The Hall–Kier alpha value is -0.810. The Morgan fingerprint density at radius 1 is 1.60 bits per heavy atom. The van der Waals surface area contributed by atoms with E-state index in [1.807, 2.05) is 13.8 Å². The van der Waals surface area contributed by atoms with Gasteiger partial charge < -0.3 is 20.1 Å². The van der Waals surface area contributed by atoms with E-state index in [1.54, 1.807) is 7.05 Å². The fourth-order valence-corrected chi connectivity index (χ4v) is 1.52. The number of carbonyl (C=O) groups is 1. The number of aliphatic hydroxyl groups is 1. The Bertz CT molecular complexity index is 221. The van der Waals surface area contributed by atoms with Gasteiger partial charge in [-0.1, -0.05) is 13.8 Å². The van der Waals surface area contributed by atoms with Gasteiger partial charge in [0.15, 0.2) is 0 Å². The Morgan fingerprint density at radius 2 is 2.27 bits per heavy atom. The van der Waals surface area contributed by atoms with Crippen molar-refractivity contribution in [1.29, 1.82) is 0 Å². The number of hydrogen-bond acceptors (Lipinski definition) is 4. The third-order valence-corrected chi connectivity index (χ3v) is 2.48. The van der Waals surface area contributed by atoms with Crippen LogP contribution in [-0.4, -0.2) is 55.0 Å². The predicted molar refractivity (Wildman–Crippen MR) is 56.6 cm³/mol. The number of likely N-dealkylation sites (N-methyl/N-ethyl adjacent to an activating group) is 1. The van der Waals surface area contributed by atoms with Gasteiger partial charge >= 0.3 is 6.09 Å². The van der Waals surface area contributed by atoms with Gasteiger partial charge in [0, 0.05) is 20.1 Å². The fourth-order valence-electron chi connectivity index (χ4n) is 1.52. The van der Waals surface area contributed by atoms with E-state index < -0.39 is 6.10 Å². The summed E-state index contributed by atoms with van der Waals surface area (Å²) in [7, 11) is 1.66. The average Bonchev–Trinajstić information content (AvgIpc) is 2.59. The summed E-state index contributed by atoms with van der Waals surface area (Å²) in [6.07, 6.45) is -0.863. The molecule has 1 aliphatic heterocycles. The summed E-state index contributed by atoms with van der Waals surface area (Å²) >= 11 is 0. The van der Waals surface area contributed by atoms with Crippen molar-refractivity contribution >= 4 is 6.09 Å². The van der Waals surface area contributed by atoms with Crippen molar-refractivity contribution in [2.45, 2.75) is 26.0 Å². The zero-order chi connectivity index (χ0) is 11.4. The zero-order valence-electron chi connectivity index (χ0n) is 9.56. The SMILES string of the molecule is CC(C)COC(=O)N(C)C1CNCC1O. The highest BCUT2D eigenvalue weighted by atomic mass is 16.6. The van der Waals surface area contributed by atoms with Gasteiger partial charge in [0.2, 0.25) is 0 Å². The molecule has 1 fully saturated rings. The molecule has 1 saturated heterocycles. The molecule has 5 heteroatoms. The largest absolute Gasteiger partial charge is 0.449 e. The molecule has 1 heterocycles. The quantitative estimate of drug-likeness (QED) is 0.699. The molecule has 5 nitrogen and oxygen atoms in total. The van der Waals surface area contributed by atoms with Gasteiger partial charge in [0.05, 0.1) is 18.8 Å². The van der Waals surface area contributed by atoms with Crippen molar-refractivity contribution in [2.24, 2.45) is 5.92 Å². The summed E-state index contributed by atoms with van der Waals surface area (Å²) in [5, 5.41) is 12.6. The van der Waals surface area contributed by atoms with Crippen LogP contribution < -0.4 is 5.32 Å². The third kappa shape index (κ3) is 3.35. The smallest absolute Gasteiger partial charge is 0.409 e. The van der Waals surface area contributed by atoms with Crippen molar-refractivity contribution in [3.63, 3.8) is 0 Å². The van der Waals surface area contributed by atoms with Crippen LogP contribution in [0.25, 0.3) is 0 Å². The number of nitrogens with one attached hydrogen (secondary N) is 1. The minimum atomic E-state index is -0.499. The van der Waals surface area contributed by atoms with Crippen LogP contribution in [0.4, 0.5) is 4.79 Å². The second-order valence-corrected chi connectivity index (χ2v) is 4.37. The maximum absolute atomic E-state index is 11.5. The second kappa shape index (κ2) is 5.32. The van der Waals surface area contributed by atoms with E-state index in [9.17, 15) is 9.90 Å². The lowest BCUT2D eigenvalue weighted by Crippen LogP contribution is -2.44. The van der Waals surface area contributed by atoms with Gasteiger partial charge in [0.1, 0.15) is 0 Å². The number of carbonyl (C=O) groups excluding carboxylic acids is 1. The normalized spacial score (nSPS) is 25.7. The lowest BCUT2D eigenvalue weighted by molar-refractivity contribution is 0.0599. The molecule has 0 bridgehead atoms. The summed E-state index contributed by atoms with van der Waals surface area (Å²) in [6, 6.07) is -0.176. The first-order valence-corrected chi connectivity index (χ1v) is 5.30. The number of aliphatic hydroxyl groups excluding tert-OH is 1. The molecule has 88 valence electrons. The van der Waals surface area contributed by atoms with E-state index in [0.29, 0.717) is 25.6 Å². The molecule has 0 aromatic carbocycles. The highest BCUT2D eigenvalue weighted by Gasteiger charge is 2.31. The lowest BCUT2D eigenvalue weighted by Gasteiger charge is -2.25. The van der Waals surface area contributed by atoms with Gasteiger partial charge in [-0.25, -0.2) is 4.79 Å². The van der Waals surface area contributed by atoms with Crippen LogP contribution in [0, 0.1) is 5.92 Å². The van der Waals surface area contributed by atoms with Crippen molar-refractivity contribution in [3.05, 3.63) is 0 Å². The van der Waals surface area contributed by atoms with Gasteiger partial charge in [-0.05, 0) is 5.92 Å². The van der Waals surface area contributed by atoms with Crippen LogP contribution in [0.3, 0.4) is 0 Å². The summed E-state index contributed by atoms with van der Waals surface area (Å²) in [4.78, 5) is 13.0. The first-order valence-electron chi connectivity index (χ1n) is 5.30. The topological polar surface area (TPSA) is 61.8 Å². The van der Waals surface area contributed by atoms with E-state index >= 15 is 0 Å². The predicted octanol–water partition coefficient (Wildman–Crippen LogP) is 0.0435. The van der Waals surface area contributed by atoms with Crippen molar-refractivity contribution in [1.82, 2.24) is 10.2 Å². The molecular weight excluding hydrogens is 196 g/mol. The number of rotatable bonds is 3. The van der Waals surface area contributed by atoms with Crippen LogP contribution in [0.2, 0.25) is 0 Å². The van der Waals surface area contributed by atoms with E-state index in [-0.39, 0.29) is 12.1 Å².